The van der Waals surface area contributed by atoms with Gasteiger partial charge in [-0.05, 0) is 57.8 Å². The summed E-state index contributed by atoms with van der Waals surface area (Å²) < 4.78 is 11.5. The summed E-state index contributed by atoms with van der Waals surface area (Å²) in [5, 5.41) is 0. The van der Waals surface area contributed by atoms with Crippen LogP contribution in [0.25, 0.3) is 0 Å². The van der Waals surface area contributed by atoms with Gasteiger partial charge in [0.25, 0.3) is 0 Å². The molecule has 0 amide bonds. The van der Waals surface area contributed by atoms with Gasteiger partial charge in [-0.2, -0.15) is 0 Å². The lowest BCUT2D eigenvalue weighted by Crippen LogP contribution is -2.25. The maximum atomic E-state index is 13.2. The van der Waals surface area contributed by atoms with Gasteiger partial charge in [0, 0.05) is 11.1 Å². The van der Waals surface area contributed by atoms with E-state index in [4.69, 9.17) is 9.47 Å². The molecule has 0 saturated carbocycles. The van der Waals surface area contributed by atoms with Gasteiger partial charge >= 0.3 is 5.97 Å². The molecule has 0 N–H and O–H groups in total. The first-order valence-electron chi connectivity index (χ1n) is 12.5. The van der Waals surface area contributed by atoms with Crippen molar-refractivity contribution >= 4 is 5.97 Å². The van der Waals surface area contributed by atoms with Gasteiger partial charge < -0.3 is 9.47 Å². The van der Waals surface area contributed by atoms with E-state index in [9.17, 15) is 4.79 Å². The van der Waals surface area contributed by atoms with Crippen molar-refractivity contribution in [3.05, 3.63) is 58.7 Å². The molecule has 3 nitrogen and oxygen atoms in total. The van der Waals surface area contributed by atoms with Crippen LogP contribution in [-0.4, -0.2) is 13.1 Å². The molecule has 1 atom stereocenters. The summed E-state index contributed by atoms with van der Waals surface area (Å²) in [6, 6.07) is 12.6. The van der Waals surface area contributed by atoms with Gasteiger partial charge in [0.15, 0.2) is 0 Å². The summed E-state index contributed by atoms with van der Waals surface area (Å²) in [5.41, 5.74) is 4.59. The Hall–Kier alpha value is -2.29. The van der Waals surface area contributed by atoms with Gasteiger partial charge in [0.1, 0.15) is 17.4 Å². The first-order valence-corrected chi connectivity index (χ1v) is 12.5. The van der Waals surface area contributed by atoms with Crippen molar-refractivity contribution in [2.75, 3.05) is 7.11 Å². The Morgan fingerprint density at radius 1 is 0.735 bits per heavy atom. The zero-order valence-electron chi connectivity index (χ0n) is 23.2. The van der Waals surface area contributed by atoms with Crippen molar-refractivity contribution in [3.8, 4) is 11.5 Å². The van der Waals surface area contributed by atoms with Crippen molar-refractivity contribution in [2.24, 2.45) is 10.8 Å². The molecule has 2 aromatic carbocycles. The van der Waals surface area contributed by atoms with E-state index in [1.807, 2.05) is 12.1 Å². The first kappa shape index (κ1) is 26.3. The average molecular weight is 465 g/mol. The Labute approximate surface area is 207 Å². The molecule has 2 aromatic rings. The van der Waals surface area contributed by atoms with E-state index in [1.54, 1.807) is 7.11 Å². The molecule has 3 rings (SSSR count). The van der Waals surface area contributed by atoms with Crippen molar-refractivity contribution in [1.29, 1.82) is 0 Å². The SMILES string of the molecule is COc1ccc(C(C)(C)CC(C)(C)C)cc1C1C(=O)Oc2ccc(C(C)(C)CC(C)(C)C)cc21. The third-order valence-corrected chi connectivity index (χ3v) is 6.82. The molecule has 0 aromatic heterocycles. The van der Waals surface area contributed by atoms with Crippen LogP contribution in [0.1, 0.15) is 110 Å². The summed E-state index contributed by atoms with van der Waals surface area (Å²) in [7, 11) is 1.67. The third kappa shape index (κ3) is 5.67. The molecular formula is C31H44O3. The predicted octanol–water partition coefficient (Wildman–Crippen LogP) is 8.17. The van der Waals surface area contributed by atoms with Gasteiger partial charge in [-0.1, -0.05) is 93.5 Å². The number of carbonyl (C=O) groups excluding carboxylic acids is 1. The number of benzene rings is 2. The van der Waals surface area contributed by atoms with E-state index in [-0.39, 0.29) is 27.6 Å². The minimum atomic E-state index is -0.485. The molecule has 1 unspecified atom stereocenters. The highest BCUT2D eigenvalue weighted by Gasteiger charge is 2.39. The van der Waals surface area contributed by atoms with E-state index < -0.39 is 5.92 Å². The number of rotatable bonds is 6. The summed E-state index contributed by atoms with van der Waals surface area (Å²) in [6.45, 7) is 22.7. The number of hydrogen-bond acceptors (Lipinski definition) is 3. The minimum Gasteiger partial charge on any atom is -0.496 e. The first-order chi connectivity index (χ1) is 15.4. The maximum absolute atomic E-state index is 13.2. The smallest absolute Gasteiger partial charge is 0.323 e. The second kappa shape index (κ2) is 8.73. The van der Waals surface area contributed by atoms with Crippen molar-refractivity contribution in [1.82, 2.24) is 0 Å². The van der Waals surface area contributed by atoms with Gasteiger partial charge in [0.05, 0.1) is 7.11 Å². The van der Waals surface area contributed by atoms with Gasteiger partial charge in [-0.25, -0.2) is 0 Å². The molecule has 0 aliphatic carbocycles. The number of hydrogen-bond donors (Lipinski definition) is 0. The zero-order chi connectivity index (χ0) is 25.7. The standard InChI is InChI=1S/C31H44O3/c1-28(2,3)18-30(7,8)20-12-14-24(33-11)22(16-20)26-23-17-21(13-15-25(23)34-27(26)32)31(9,10)19-29(4,5)6/h12-17,26H,18-19H2,1-11H3. The van der Waals surface area contributed by atoms with Gasteiger partial charge in [-0.15, -0.1) is 0 Å². The molecule has 0 bridgehead atoms. The Kier molecular flexibility index (Phi) is 6.76. The average Bonchev–Trinajstić information content (AvgIpc) is 2.98. The quantitative estimate of drug-likeness (QED) is 0.319. The van der Waals surface area contributed by atoms with Crippen LogP contribution < -0.4 is 9.47 Å². The lowest BCUT2D eigenvalue weighted by atomic mass is 9.71. The number of fused-ring (bicyclic) bond motifs is 1. The van der Waals surface area contributed by atoms with E-state index in [0.29, 0.717) is 5.75 Å². The van der Waals surface area contributed by atoms with Crippen molar-refractivity contribution < 1.29 is 14.3 Å². The maximum Gasteiger partial charge on any atom is 0.323 e. The highest BCUT2D eigenvalue weighted by Crippen LogP contribution is 2.47. The molecule has 186 valence electrons. The monoisotopic (exact) mass is 464 g/mol. The van der Waals surface area contributed by atoms with E-state index in [0.717, 1.165) is 29.7 Å². The van der Waals surface area contributed by atoms with E-state index in [1.165, 1.54) is 11.1 Å². The van der Waals surface area contributed by atoms with Gasteiger partial charge in [-0.3, -0.25) is 4.79 Å². The summed E-state index contributed by atoms with van der Waals surface area (Å²) >= 11 is 0. The topological polar surface area (TPSA) is 35.5 Å². The fourth-order valence-corrected chi connectivity index (χ4v) is 6.11. The normalized spacial score (nSPS) is 16.9. The van der Waals surface area contributed by atoms with Crippen LogP contribution in [0.3, 0.4) is 0 Å². The Bertz CT molecular complexity index is 1060. The Balaban J connectivity index is 2.11. The highest BCUT2D eigenvalue weighted by molar-refractivity contribution is 5.90. The molecular weight excluding hydrogens is 420 g/mol. The summed E-state index contributed by atoms with van der Waals surface area (Å²) in [5.74, 6) is 0.668. The molecule has 1 aliphatic rings. The zero-order valence-corrected chi connectivity index (χ0v) is 23.2. The van der Waals surface area contributed by atoms with Crippen LogP contribution in [0.4, 0.5) is 0 Å². The molecule has 34 heavy (non-hydrogen) atoms. The third-order valence-electron chi connectivity index (χ3n) is 6.82. The predicted molar refractivity (Wildman–Crippen MR) is 141 cm³/mol. The van der Waals surface area contributed by atoms with E-state index in [2.05, 4.69) is 93.5 Å². The van der Waals surface area contributed by atoms with Crippen molar-refractivity contribution in [2.45, 2.75) is 98.8 Å². The van der Waals surface area contributed by atoms with Crippen molar-refractivity contribution in [3.63, 3.8) is 0 Å². The largest absolute Gasteiger partial charge is 0.496 e. The van der Waals surface area contributed by atoms with Crippen LogP contribution in [0, 0.1) is 10.8 Å². The second-order valence-corrected chi connectivity index (χ2v) is 13.8. The molecule has 0 radical (unpaired) electrons. The van der Waals surface area contributed by atoms with Crippen LogP contribution in [0.2, 0.25) is 0 Å². The van der Waals surface area contributed by atoms with Gasteiger partial charge in [0.2, 0.25) is 0 Å². The molecule has 1 heterocycles. The number of esters is 1. The van der Waals surface area contributed by atoms with E-state index >= 15 is 0 Å². The van der Waals surface area contributed by atoms with Crippen LogP contribution in [-0.2, 0) is 15.6 Å². The molecule has 0 fully saturated rings. The Morgan fingerprint density at radius 2 is 1.21 bits per heavy atom. The molecule has 0 spiro atoms. The second-order valence-electron chi connectivity index (χ2n) is 13.8. The fourth-order valence-electron chi connectivity index (χ4n) is 6.11. The number of ether oxygens (including phenoxy) is 2. The van der Waals surface area contributed by atoms with Crippen LogP contribution in [0.5, 0.6) is 11.5 Å². The Morgan fingerprint density at radius 3 is 1.68 bits per heavy atom. The lowest BCUT2D eigenvalue weighted by molar-refractivity contribution is -0.133. The minimum absolute atomic E-state index is 0.0237. The number of carbonyl (C=O) groups is 1. The summed E-state index contributed by atoms with van der Waals surface area (Å²) in [6.07, 6.45) is 2.07. The highest BCUT2D eigenvalue weighted by atomic mass is 16.5. The summed E-state index contributed by atoms with van der Waals surface area (Å²) in [4.78, 5) is 13.2. The lowest BCUT2D eigenvalue weighted by Gasteiger charge is -2.34. The molecule has 0 saturated heterocycles. The molecule has 1 aliphatic heterocycles. The van der Waals surface area contributed by atoms with Crippen LogP contribution >= 0.6 is 0 Å². The number of methoxy groups -OCH3 is 1. The fraction of sp³-hybridized carbons (Fsp3) is 0.581. The van der Waals surface area contributed by atoms with Crippen LogP contribution in [0.15, 0.2) is 36.4 Å². The molecule has 3 heteroatoms.